The van der Waals surface area contributed by atoms with E-state index < -0.39 is 0 Å². The Balaban J connectivity index is 1.70. The largest absolute Gasteiger partial charge is 0.377 e. The van der Waals surface area contributed by atoms with Crippen LogP contribution in [0.5, 0.6) is 0 Å². The Morgan fingerprint density at radius 1 is 1.20 bits per heavy atom. The van der Waals surface area contributed by atoms with E-state index in [1.54, 1.807) is 6.92 Å². The lowest BCUT2D eigenvalue weighted by molar-refractivity contribution is -0.114. The number of para-hydroxylation sites is 1. The fraction of sp³-hybridized carbons (Fsp3) is 0.235. The quantitative estimate of drug-likeness (QED) is 0.828. The number of carbonyl (C=O) groups excluding carboxylic acids is 1. The van der Waals surface area contributed by atoms with Crippen LogP contribution in [-0.4, -0.2) is 5.91 Å². The zero-order valence-electron chi connectivity index (χ0n) is 11.3. The van der Waals surface area contributed by atoms with Gasteiger partial charge in [-0.15, -0.1) is 0 Å². The van der Waals surface area contributed by atoms with Crippen LogP contribution in [-0.2, 0) is 11.2 Å². The summed E-state index contributed by atoms with van der Waals surface area (Å²) in [7, 11) is 0. The second-order valence-corrected chi connectivity index (χ2v) is 5.61. The number of rotatable bonds is 1. The second kappa shape index (κ2) is 4.10. The number of amides is 1. The average Bonchev–Trinajstić information content (AvgIpc) is 2.93. The predicted molar refractivity (Wildman–Crippen MR) is 80.0 cm³/mol. The van der Waals surface area contributed by atoms with Crippen LogP contribution >= 0.6 is 0 Å². The Morgan fingerprint density at radius 3 is 2.90 bits per heavy atom. The van der Waals surface area contributed by atoms with E-state index in [9.17, 15) is 4.79 Å². The van der Waals surface area contributed by atoms with Gasteiger partial charge in [-0.1, -0.05) is 24.3 Å². The van der Waals surface area contributed by atoms with E-state index in [1.807, 2.05) is 6.07 Å². The van der Waals surface area contributed by atoms with Gasteiger partial charge in [0.05, 0.1) is 6.04 Å². The first kappa shape index (κ1) is 11.5. The number of hydrogen-bond acceptors (Lipinski definition) is 2. The van der Waals surface area contributed by atoms with Gasteiger partial charge in [-0.2, -0.15) is 0 Å². The summed E-state index contributed by atoms with van der Waals surface area (Å²) >= 11 is 0. The minimum Gasteiger partial charge on any atom is -0.377 e. The molecule has 100 valence electrons. The van der Waals surface area contributed by atoms with Crippen LogP contribution in [0.15, 0.2) is 42.5 Å². The van der Waals surface area contributed by atoms with E-state index >= 15 is 0 Å². The molecule has 0 spiro atoms. The van der Waals surface area contributed by atoms with Crippen molar-refractivity contribution in [3.8, 4) is 0 Å². The number of hydrogen-bond donors (Lipinski definition) is 2. The van der Waals surface area contributed by atoms with Crippen LogP contribution in [0.25, 0.3) is 0 Å². The van der Waals surface area contributed by atoms with E-state index in [2.05, 4.69) is 47.0 Å². The van der Waals surface area contributed by atoms with Gasteiger partial charge in [0, 0.05) is 24.2 Å². The van der Waals surface area contributed by atoms with Gasteiger partial charge in [-0.3, -0.25) is 4.79 Å². The molecule has 4 rings (SSSR count). The minimum atomic E-state index is -0.0217. The van der Waals surface area contributed by atoms with Gasteiger partial charge < -0.3 is 10.6 Å². The summed E-state index contributed by atoms with van der Waals surface area (Å²) in [6.45, 7) is 1.54. The second-order valence-electron chi connectivity index (χ2n) is 5.61. The van der Waals surface area contributed by atoms with Crippen molar-refractivity contribution in [2.45, 2.75) is 25.3 Å². The van der Waals surface area contributed by atoms with Gasteiger partial charge in [0.15, 0.2) is 0 Å². The lowest BCUT2D eigenvalue weighted by Crippen LogP contribution is -2.07. The molecule has 2 atom stereocenters. The van der Waals surface area contributed by atoms with Gasteiger partial charge in [0.25, 0.3) is 0 Å². The molecular weight excluding hydrogens is 248 g/mol. The summed E-state index contributed by atoms with van der Waals surface area (Å²) < 4.78 is 0. The molecule has 0 saturated carbocycles. The molecule has 3 heteroatoms. The normalized spacial score (nSPS) is 21.6. The van der Waals surface area contributed by atoms with Crippen LogP contribution < -0.4 is 10.6 Å². The molecule has 2 aromatic carbocycles. The molecule has 3 nitrogen and oxygen atoms in total. The first-order chi connectivity index (χ1) is 9.72. The first-order valence-electron chi connectivity index (χ1n) is 6.98. The topological polar surface area (TPSA) is 41.1 Å². The molecule has 2 aliphatic rings. The molecule has 1 aliphatic carbocycles. The van der Waals surface area contributed by atoms with Crippen LogP contribution in [0.1, 0.15) is 35.6 Å². The third-order valence-electron chi connectivity index (χ3n) is 4.31. The van der Waals surface area contributed by atoms with Crippen molar-refractivity contribution in [3.63, 3.8) is 0 Å². The molecule has 0 aromatic heterocycles. The molecule has 2 aromatic rings. The van der Waals surface area contributed by atoms with Gasteiger partial charge in [-0.25, -0.2) is 0 Å². The van der Waals surface area contributed by atoms with Crippen LogP contribution in [0.3, 0.4) is 0 Å². The highest BCUT2D eigenvalue weighted by atomic mass is 16.1. The Kier molecular flexibility index (Phi) is 2.36. The van der Waals surface area contributed by atoms with E-state index in [0.717, 1.165) is 12.1 Å². The summed E-state index contributed by atoms with van der Waals surface area (Å²) in [5.74, 6) is 0.500. The van der Waals surface area contributed by atoms with E-state index in [-0.39, 0.29) is 5.91 Å². The van der Waals surface area contributed by atoms with Gasteiger partial charge in [0.2, 0.25) is 5.91 Å². The highest BCUT2D eigenvalue weighted by Crippen LogP contribution is 2.51. The summed E-state index contributed by atoms with van der Waals surface area (Å²) in [6.07, 6.45) is 1.04. The predicted octanol–water partition coefficient (Wildman–Crippen LogP) is 3.45. The standard InChI is InChI=1S/C17H16N2O/c1-10(20)18-12-6-7-13-11(8-12)9-15-14-4-2-3-5-16(14)19-17(13)15/h2-8,15,17,19H,9H2,1H3,(H,18,20)/t15-,17-/m1/s1. The average molecular weight is 264 g/mol. The summed E-state index contributed by atoms with van der Waals surface area (Å²) in [5, 5.41) is 6.49. The van der Waals surface area contributed by atoms with E-state index in [1.165, 1.54) is 22.4 Å². The molecule has 1 aliphatic heterocycles. The number of benzene rings is 2. The Hall–Kier alpha value is -2.29. The lowest BCUT2D eigenvalue weighted by atomic mass is 9.96. The third kappa shape index (κ3) is 1.63. The minimum absolute atomic E-state index is 0.0217. The molecule has 1 amide bonds. The Morgan fingerprint density at radius 2 is 2.05 bits per heavy atom. The lowest BCUT2D eigenvalue weighted by Gasteiger charge is -2.12. The number of carbonyl (C=O) groups is 1. The van der Waals surface area contributed by atoms with Crippen molar-refractivity contribution in [1.82, 2.24) is 0 Å². The molecule has 0 bridgehead atoms. The van der Waals surface area contributed by atoms with Crippen molar-refractivity contribution in [1.29, 1.82) is 0 Å². The highest BCUT2D eigenvalue weighted by molar-refractivity contribution is 5.88. The van der Waals surface area contributed by atoms with Crippen molar-refractivity contribution in [3.05, 3.63) is 59.2 Å². The van der Waals surface area contributed by atoms with E-state index in [4.69, 9.17) is 0 Å². The maximum atomic E-state index is 11.1. The maximum Gasteiger partial charge on any atom is 0.221 e. The third-order valence-corrected chi connectivity index (χ3v) is 4.31. The Labute approximate surface area is 118 Å². The van der Waals surface area contributed by atoms with Gasteiger partial charge >= 0.3 is 0 Å². The highest BCUT2D eigenvalue weighted by Gasteiger charge is 2.39. The fourth-order valence-corrected chi connectivity index (χ4v) is 3.53. The summed E-state index contributed by atoms with van der Waals surface area (Å²) in [6, 6.07) is 15.2. The molecule has 0 fully saturated rings. The zero-order chi connectivity index (χ0) is 13.7. The van der Waals surface area contributed by atoms with Gasteiger partial charge in [-0.05, 0) is 41.3 Å². The summed E-state index contributed by atoms with van der Waals surface area (Å²) in [4.78, 5) is 11.1. The molecule has 1 heterocycles. The van der Waals surface area contributed by atoms with Crippen LogP contribution in [0, 0.1) is 0 Å². The Bertz CT molecular complexity index is 708. The number of nitrogens with one attached hydrogen (secondary N) is 2. The van der Waals surface area contributed by atoms with Gasteiger partial charge in [0.1, 0.15) is 0 Å². The van der Waals surface area contributed by atoms with E-state index in [0.29, 0.717) is 12.0 Å². The van der Waals surface area contributed by atoms with Crippen molar-refractivity contribution in [2.24, 2.45) is 0 Å². The molecule has 20 heavy (non-hydrogen) atoms. The first-order valence-corrected chi connectivity index (χ1v) is 6.98. The molecule has 0 saturated heterocycles. The fourth-order valence-electron chi connectivity index (χ4n) is 3.53. The molecule has 0 radical (unpaired) electrons. The van der Waals surface area contributed by atoms with Crippen LogP contribution in [0.2, 0.25) is 0 Å². The van der Waals surface area contributed by atoms with Crippen molar-refractivity contribution in [2.75, 3.05) is 10.6 Å². The van der Waals surface area contributed by atoms with Crippen molar-refractivity contribution >= 4 is 17.3 Å². The smallest absolute Gasteiger partial charge is 0.221 e. The number of anilines is 2. The maximum absolute atomic E-state index is 11.1. The molecular formula is C17H16N2O. The molecule has 0 unspecified atom stereocenters. The summed E-state index contributed by atoms with van der Waals surface area (Å²) in [5.41, 5.74) is 6.27. The van der Waals surface area contributed by atoms with Crippen molar-refractivity contribution < 1.29 is 4.79 Å². The monoisotopic (exact) mass is 264 g/mol. The molecule has 2 N–H and O–H groups in total. The van der Waals surface area contributed by atoms with Crippen LogP contribution in [0.4, 0.5) is 11.4 Å². The number of fused-ring (bicyclic) bond motifs is 5. The zero-order valence-corrected chi connectivity index (χ0v) is 11.3. The SMILES string of the molecule is CC(=O)Nc1ccc2c(c1)C[C@@H]1c3ccccc3N[C@H]21.